The molecule has 0 atom stereocenters. The summed E-state index contributed by atoms with van der Waals surface area (Å²) in [5.41, 5.74) is 2.56. The summed E-state index contributed by atoms with van der Waals surface area (Å²) in [6, 6.07) is 8.59. The van der Waals surface area contributed by atoms with E-state index in [1.165, 1.54) is 11.4 Å². The standard InChI is InChI=1S/C13H12N4/c1-3-11-9-14-7-8-15-10-12-4-2-6-17(12)13(14,15)16(11)5-1/h1-6,9-10H,7-8H2/q+2. The summed E-state index contributed by atoms with van der Waals surface area (Å²) in [6.07, 6.45) is 8.88. The molecule has 5 rings (SSSR count). The zero-order valence-electron chi connectivity index (χ0n) is 9.32. The highest BCUT2D eigenvalue weighted by Gasteiger charge is 2.67. The van der Waals surface area contributed by atoms with E-state index in [2.05, 4.69) is 67.4 Å². The molecular formula is C13H12N4+2. The van der Waals surface area contributed by atoms with Crippen LogP contribution in [0.25, 0.3) is 0 Å². The number of fused-ring (bicyclic) bond motifs is 2. The van der Waals surface area contributed by atoms with Crippen LogP contribution < -0.4 is 0 Å². The Hall–Kier alpha value is -2.10. The molecule has 1 fully saturated rings. The van der Waals surface area contributed by atoms with Crippen LogP contribution in [0.15, 0.2) is 36.7 Å². The van der Waals surface area contributed by atoms with Crippen LogP contribution in [0.1, 0.15) is 11.4 Å². The fourth-order valence-electron chi connectivity index (χ4n) is 3.52. The Morgan fingerprint density at radius 1 is 0.882 bits per heavy atom. The summed E-state index contributed by atoms with van der Waals surface area (Å²) < 4.78 is 9.56. The molecule has 4 heteroatoms. The molecule has 0 unspecified atom stereocenters. The fourth-order valence-corrected chi connectivity index (χ4v) is 3.52. The normalized spacial score (nSPS) is 21.6. The van der Waals surface area contributed by atoms with E-state index in [4.69, 9.17) is 0 Å². The van der Waals surface area contributed by atoms with Crippen LogP contribution in [0.2, 0.25) is 0 Å². The Kier molecular flexibility index (Phi) is 1.08. The molecule has 0 radical (unpaired) electrons. The quantitative estimate of drug-likeness (QED) is 0.573. The van der Waals surface area contributed by atoms with E-state index >= 15 is 0 Å². The molecule has 1 spiro atoms. The van der Waals surface area contributed by atoms with Gasteiger partial charge in [-0.3, -0.25) is 0 Å². The molecule has 17 heavy (non-hydrogen) atoms. The van der Waals surface area contributed by atoms with Crippen molar-refractivity contribution in [2.45, 2.75) is 5.91 Å². The summed E-state index contributed by atoms with van der Waals surface area (Å²) in [7, 11) is 0. The first-order valence-electron chi connectivity index (χ1n) is 5.99. The van der Waals surface area contributed by atoms with Crippen LogP contribution >= 0.6 is 0 Å². The molecule has 3 aliphatic rings. The van der Waals surface area contributed by atoms with Crippen LogP contribution in [0.3, 0.4) is 0 Å². The third-order valence-electron chi connectivity index (χ3n) is 4.14. The van der Waals surface area contributed by atoms with E-state index in [9.17, 15) is 0 Å². The van der Waals surface area contributed by atoms with Gasteiger partial charge in [0.1, 0.15) is 11.4 Å². The highest BCUT2D eigenvalue weighted by molar-refractivity contribution is 5.78. The molecule has 0 N–H and O–H groups in total. The molecule has 82 valence electrons. The molecule has 0 amide bonds. The van der Waals surface area contributed by atoms with Crippen molar-refractivity contribution < 1.29 is 9.15 Å². The van der Waals surface area contributed by atoms with Gasteiger partial charge in [-0.05, 0) is 24.3 Å². The summed E-state index contributed by atoms with van der Waals surface area (Å²) in [5, 5.41) is 0. The van der Waals surface area contributed by atoms with Crippen LogP contribution in [0.5, 0.6) is 0 Å². The Morgan fingerprint density at radius 3 is 1.94 bits per heavy atom. The molecule has 4 nitrogen and oxygen atoms in total. The second kappa shape index (κ2) is 2.27. The van der Waals surface area contributed by atoms with E-state index in [-0.39, 0.29) is 5.91 Å². The maximum atomic E-state index is 2.43. The molecule has 2 aromatic heterocycles. The summed E-state index contributed by atoms with van der Waals surface area (Å²) >= 11 is 0. The molecular weight excluding hydrogens is 212 g/mol. The second-order valence-electron chi connectivity index (χ2n) is 4.85. The lowest BCUT2D eigenvalue weighted by molar-refractivity contribution is -0.796. The molecule has 3 aliphatic heterocycles. The Bertz CT molecular complexity index is 651. The smallest absolute Gasteiger partial charge is 0.201 e. The van der Waals surface area contributed by atoms with Gasteiger partial charge in [-0.1, -0.05) is 0 Å². The minimum Gasteiger partial charge on any atom is -0.201 e. The second-order valence-corrected chi connectivity index (χ2v) is 4.85. The monoisotopic (exact) mass is 224 g/mol. The van der Waals surface area contributed by atoms with E-state index < -0.39 is 0 Å². The highest BCUT2D eigenvalue weighted by atomic mass is 15.6. The molecule has 0 aromatic carbocycles. The number of nitrogens with zero attached hydrogens (tertiary/aromatic N) is 4. The summed E-state index contributed by atoms with van der Waals surface area (Å²) in [4.78, 5) is 0. The lowest BCUT2D eigenvalue weighted by Crippen LogP contribution is -2.48. The number of hydrogen-bond acceptors (Lipinski definition) is 0. The van der Waals surface area contributed by atoms with Crippen LogP contribution in [-0.4, -0.2) is 43.8 Å². The lowest BCUT2D eigenvalue weighted by atomic mass is 10.4. The molecule has 1 saturated heterocycles. The van der Waals surface area contributed by atoms with Crippen molar-refractivity contribution in [2.24, 2.45) is 0 Å². The van der Waals surface area contributed by atoms with Crippen molar-refractivity contribution in [3.8, 4) is 0 Å². The van der Waals surface area contributed by atoms with Crippen molar-refractivity contribution in [1.29, 1.82) is 0 Å². The van der Waals surface area contributed by atoms with Crippen molar-refractivity contribution in [3.05, 3.63) is 48.0 Å². The average molecular weight is 224 g/mol. The Morgan fingerprint density at radius 2 is 1.41 bits per heavy atom. The van der Waals surface area contributed by atoms with Crippen LogP contribution in [-0.2, 0) is 5.91 Å². The van der Waals surface area contributed by atoms with Gasteiger partial charge in [0.15, 0.2) is 12.4 Å². The molecule has 0 bridgehead atoms. The minimum atomic E-state index is -0.169. The third-order valence-corrected chi connectivity index (χ3v) is 4.14. The first-order chi connectivity index (χ1) is 8.40. The molecule has 5 heterocycles. The van der Waals surface area contributed by atoms with E-state index in [0.717, 1.165) is 13.1 Å². The molecule has 2 aromatic rings. The van der Waals surface area contributed by atoms with Gasteiger partial charge in [0.25, 0.3) is 0 Å². The first-order valence-corrected chi connectivity index (χ1v) is 5.99. The van der Waals surface area contributed by atoms with Gasteiger partial charge in [-0.15, -0.1) is 9.15 Å². The number of rotatable bonds is 0. The van der Waals surface area contributed by atoms with Crippen LogP contribution in [0.4, 0.5) is 0 Å². The summed E-state index contributed by atoms with van der Waals surface area (Å²) in [5.74, 6) is -0.169. The minimum absolute atomic E-state index is 0.169. The lowest BCUT2D eigenvalue weighted by Gasteiger charge is -2.16. The van der Waals surface area contributed by atoms with Crippen molar-refractivity contribution in [2.75, 3.05) is 13.1 Å². The topological polar surface area (TPSA) is 15.9 Å². The zero-order valence-corrected chi connectivity index (χ0v) is 9.32. The Balaban J connectivity index is 1.97. The van der Waals surface area contributed by atoms with Crippen molar-refractivity contribution in [1.82, 2.24) is 9.13 Å². The SMILES string of the molecule is C1=[N+]2CC[N+]3=Cc4cccn4C23n2cccc21. The Labute approximate surface area is 98.3 Å². The zero-order chi connectivity index (χ0) is 11.0. The highest BCUT2D eigenvalue weighted by Crippen LogP contribution is 2.36. The van der Waals surface area contributed by atoms with Gasteiger partial charge in [-0.2, -0.15) is 0 Å². The van der Waals surface area contributed by atoms with Crippen molar-refractivity contribution >= 4 is 12.4 Å². The van der Waals surface area contributed by atoms with Gasteiger partial charge in [0.2, 0.25) is 13.1 Å². The van der Waals surface area contributed by atoms with Gasteiger partial charge in [-0.25, -0.2) is 9.13 Å². The van der Waals surface area contributed by atoms with E-state index in [0.29, 0.717) is 0 Å². The molecule has 0 saturated carbocycles. The van der Waals surface area contributed by atoms with Gasteiger partial charge < -0.3 is 0 Å². The van der Waals surface area contributed by atoms with Crippen molar-refractivity contribution in [3.63, 3.8) is 0 Å². The average Bonchev–Trinajstić information content (AvgIpc) is 3.00. The van der Waals surface area contributed by atoms with E-state index in [1.807, 2.05) is 0 Å². The summed E-state index contributed by atoms with van der Waals surface area (Å²) in [6.45, 7) is 2.16. The largest absolute Gasteiger partial charge is 0.541 e. The number of aromatic nitrogens is 2. The maximum absolute atomic E-state index is 2.43. The van der Waals surface area contributed by atoms with Gasteiger partial charge >= 0.3 is 5.91 Å². The van der Waals surface area contributed by atoms with Crippen LogP contribution in [0, 0.1) is 0 Å². The molecule has 0 aliphatic carbocycles. The predicted molar refractivity (Wildman–Crippen MR) is 62.8 cm³/mol. The van der Waals surface area contributed by atoms with E-state index in [1.54, 1.807) is 0 Å². The third kappa shape index (κ3) is 0.653. The van der Waals surface area contributed by atoms with Gasteiger partial charge in [0, 0.05) is 12.4 Å². The van der Waals surface area contributed by atoms with Gasteiger partial charge in [0.05, 0.1) is 0 Å². The number of hydrogen-bond donors (Lipinski definition) is 0. The fraction of sp³-hybridized carbons (Fsp3) is 0.231. The first kappa shape index (κ1) is 8.06. The maximum Gasteiger partial charge on any atom is 0.541 e. The predicted octanol–water partition coefficient (Wildman–Crippen LogP) is 0.309.